The summed E-state index contributed by atoms with van der Waals surface area (Å²) in [6.45, 7) is 1.86. The number of hydrogen-bond donors (Lipinski definition) is 0. The second kappa shape index (κ2) is 4.26. The topological polar surface area (TPSA) is 34.1 Å². The lowest BCUT2D eigenvalue weighted by Gasteiger charge is -2.28. The molecule has 2 aliphatic rings. The van der Waals surface area contributed by atoms with E-state index in [9.17, 15) is 14.0 Å². The molecule has 0 N–H and O–H groups in total. The lowest BCUT2D eigenvalue weighted by atomic mass is 9.71. The average Bonchev–Trinajstić information content (AvgIpc) is 2.88. The molecular weight excluding hydrogens is 243 g/mol. The first-order valence-electron chi connectivity index (χ1n) is 6.89. The van der Waals surface area contributed by atoms with Crippen LogP contribution in [0.25, 0.3) is 0 Å². The van der Waals surface area contributed by atoms with E-state index in [1.54, 1.807) is 18.2 Å². The number of benzene rings is 1. The molecule has 0 unspecified atom stereocenters. The molecule has 0 bridgehead atoms. The van der Waals surface area contributed by atoms with Crippen LogP contribution in [0, 0.1) is 17.2 Å². The summed E-state index contributed by atoms with van der Waals surface area (Å²) in [6, 6.07) is 6.55. The predicted molar refractivity (Wildman–Crippen MR) is 69.2 cm³/mol. The SMILES string of the molecule is C[C@@H]1C[C@H](c2ccccc2F)[C@@]2(CCCC2=O)C1=O. The average molecular weight is 260 g/mol. The van der Waals surface area contributed by atoms with Gasteiger partial charge in [0, 0.05) is 18.3 Å². The number of carbonyl (C=O) groups excluding carboxylic acids is 2. The van der Waals surface area contributed by atoms with E-state index in [0.717, 1.165) is 6.42 Å². The van der Waals surface area contributed by atoms with E-state index in [2.05, 4.69) is 0 Å². The van der Waals surface area contributed by atoms with Crippen LogP contribution in [0.5, 0.6) is 0 Å². The Bertz CT molecular complexity index is 551. The quantitative estimate of drug-likeness (QED) is 0.726. The minimum atomic E-state index is -0.929. The molecule has 2 saturated carbocycles. The molecule has 2 aliphatic carbocycles. The van der Waals surface area contributed by atoms with Crippen LogP contribution in [-0.2, 0) is 9.59 Å². The molecule has 1 aromatic rings. The molecule has 0 heterocycles. The van der Waals surface area contributed by atoms with Crippen LogP contribution < -0.4 is 0 Å². The van der Waals surface area contributed by atoms with Crippen LogP contribution in [0.2, 0.25) is 0 Å². The van der Waals surface area contributed by atoms with Gasteiger partial charge in [-0.2, -0.15) is 0 Å². The summed E-state index contributed by atoms with van der Waals surface area (Å²) in [4.78, 5) is 24.8. The third kappa shape index (κ3) is 1.60. The third-order valence-corrected chi connectivity index (χ3v) is 4.82. The Morgan fingerprint density at radius 2 is 2.00 bits per heavy atom. The first-order chi connectivity index (χ1) is 9.07. The van der Waals surface area contributed by atoms with Gasteiger partial charge in [0.1, 0.15) is 17.4 Å². The van der Waals surface area contributed by atoms with Crippen molar-refractivity contribution in [1.29, 1.82) is 0 Å². The zero-order valence-corrected chi connectivity index (χ0v) is 11.0. The van der Waals surface area contributed by atoms with Crippen molar-refractivity contribution in [2.24, 2.45) is 11.3 Å². The summed E-state index contributed by atoms with van der Waals surface area (Å²) in [7, 11) is 0. The predicted octanol–water partition coefficient (Wildman–Crippen LogP) is 3.26. The van der Waals surface area contributed by atoms with Crippen LogP contribution >= 0.6 is 0 Å². The largest absolute Gasteiger partial charge is 0.299 e. The Morgan fingerprint density at radius 3 is 2.63 bits per heavy atom. The highest BCUT2D eigenvalue weighted by molar-refractivity contribution is 6.11. The number of rotatable bonds is 1. The normalized spacial score (nSPS) is 34.4. The van der Waals surface area contributed by atoms with Crippen LogP contribution in [0.1, 0.15) is 44.1 Å². The second-order valence-electron chi connectivity index (χ2n) is 5.82. The number of halogens is 1. The molecule has 3 heteroatoms. The monoisotopic (exact) mass is 260 g/mol. The second-order valence-corrected chi connectivity index (χ2v) is 5.82. The van der Waals surface area contributed by atoms with E-state index in [0.29, 0.717) is 24.8 Å². The summed E-state index contributed by atoms with van der Waals surface area (Å²) in [5.41, 5.74) is -0.392. The van der Waals surface area contributed by atoms with Crippen LogP contribution in [0.3, 0.4) is 0 Å². The van der Waals surface area contributed by atoms with Gasteiger partial charge in [-0.3, -0.25) is 9.59 Å². The van der Waals surface area contributed by atoms with Gasteiger partial charge >= 0.3 is 0 Å². The van der Waals surface area contributed by atoms with Crippen LogP contribution in [0.4, 0.5) is 4.39 Å². The Balaban J connectivity index is 2.13. The highest BCUT2D eigenvalue weighted by Gasteiger charge is 2.60. The molecule has 2 nitrogen and oxygen atoms in total. The summed E-state index contributed by atoms with van der Waals surface area (Å²) < 4.78 is 14.0. The fraction of sp³-hybridized carbons (Fsp3) is 0.500. The molecule has 3 atom stereocenters. The van der Waals surface area contributed by atoms with Crippen molar-refractivity contribution in [3.8, 4) is 0 Å². The maximum Gasteiger partial charge on any atom is 0.149 e. The Labute approximate surface area is 112 Å². The number of ketones is 2. The molecule has 100 valence electrons. The van der Waals surface area contributed by atoms with E-state index in [4.69, 9.17) is 0 Å². The number of hydrogen-bond acceptors (Lipinski definition) is 2. The zero-order valence-electron chi connectivity index (χ0n) is 11.0. The van der Waals surface area contributed by atoms with Crippen molar-refractivity contribution in [1.82, 2.24) is 0 Å². The van der Waals surface area contributed by atoms with Gasteiger partial charge in [0.2, 0.25) is 0 Å². The fourth-order valence-corrected chi connectivity index (χ4v) is 3.94. The van der Waals surface area contributed by atoms with Gasteiger partial charge in [0.05, 0.1) is 5.41 Å². The molecule has 2 fully saturated rings. The number of Topliss-reactive ketones (excluding diaryl/α,β-unsaturated/α-hetero) is 2. The first kappa shape index (κ1) is 12.5. The van der Waals surface area contributed by atoms with Gasteiger partial charge in [0.25, 0.3) is 0 Å². The van der Waals surface area contributed by atoms with Crippen molar-refractivity contribution in [2.75, 3.05) is 0 Å². The zero-order chi connectivity index (χ0) is 13.6. The summed E-state index contributed by atoms with van der Waals surface area (Å²) in [5.74, 6) is -0.662. The van der Waals surface area contributed by atoms with Crippen molar-refractivity contribution < 1.29 is 14.0 Å². The maximum absolute atomic E-state index is 14.0. The summed E-state index contributed by atoms with van der Waals surface area (Å²) in [6.07, 6.45) is 2.39. The van der Waals surface area contributed by atoms with Crippen molar-refractivity contribution in [3.63, 3.8) is 0 Å². The van der Waals surface area contributed by atoms with Gasteiger partial charge in [0.15, 0.2) is 0 Å². The van der Waals surface area contributed by atoms with E-state index >= 15 is 0 Å². The molecular formula is C16H17FO2. The minimum absolute atomic E-state index is 0.0232. The van der Waals surface area contributed by atoms with Gasteiger partial charge in [-0.05, 0) is 30.9 Å². The van der Waals surface area contributed by atoms with Gasteiger partial charge in [-0.25, -0.2) is 4.39 Å². The summed E-state index contributed by atoms with van der Waals surface area (Å²) in [5, 5.41) is 0. The molecule has 0 aromatic heterocycles. The maximum atomic E-state index is 14.0. The van der Waals surface area contributed by atoms with E-state index in [-0.39, 0.29) is 29.2 Å². The molecule has 0 aliphatic heterocycles. The summed E-state index contributed by atoms with van der Waals surface area (Å²) >= 11 is 0. The Hall–Kier alpha value is -1.51. The molecule has 0 amide bonds. The first-order valence-corrected chi connectivity index (χ1v) is 6.89. The molecule has 0 saturated heterocycles. The fourth-order valence-electron chi connectivity index (χ4n) is 3.94. The molecule has 0 radical (unpaired) electrons. The Kier molecular flexibility index (Phi) is 2.80. The van der Waals surface area contributed by atoms with Gasteiger partial charge in [-0.1, -0.05) is 25.1 Å². The Morgan fingerprint density at radius 1 is 1.26 bits per heavy atom. The van der Waals surface area contributed by atoms with Crippen molar-refractivity contribution >= 4 is 11.6 Å². The van der Waals surface area contributed by atoms with E-state index < -0.39 is 5.41 Å². The molecule has 19 heavy (non-hydrogen) atoms. The van der Waals surface area contributed by atoms with E-state index in [1.807, 2.05) is 6.92 Å². The van der Waals surface area contributed by atoms with Crippen molar-refractivity contribution in [3.05, 3.63) is 35.6 Å². The lowest BCUT2D eigenvalue weighted by Crippen LogP contribution is -2.36. The third-order valence-electron chi connectivity index (χ3n) is 4.82. The van der Waals surface area contributed by atoms with Crippen molar-refractivity contribution in [2.45, 2.75) is 38.5 Å². The molecule has 1 spiro atoms. The minimum Gasteiger partial charge on any atom is -0.299 e. The van der Waals surface area contributed by atoms with E-state index in [1.165, 1.54) is 6.07 Å². The van der Waals surface area contributed by atoms with Crippen LogP contribution in [0.15, 0.2) is 24.3 Å². The highest BCUT2D eigenvalue weighted by Crippen LogP contribution is 2.56. The standard InChI is InChI=1S/C16H17FO2/c1-10-9-12(11-5-2-3-6-13(11)17)16(15(10)19)8-4-7-14(16)18/h2-3,5-6,10,12H,4,7-9H2,1H3/t10-,12-,16-/m1/s1. The number of carbonyl (C=O) groups is 2. The van der Waals surface area contributed by atoms with Gasteiger partial charge < -0.3 is 0 Å². The lowest BCUT2D eigenvalue weighted by molar-refractivity contribution is -0.138. The molecule has 1 aromatic carbocycles. The van der Waals surface area contributed by atoms with Crippen LogP contribution in [-0.4, -0.2) is 11.6 Å². The smallest absolute Gasteiger partial charge is 0.149 e. The highest BCUT2D eigenvalue weighted by atomic mass is 19.1. The van der Waals surface area contributed by atoms with Gasteiger partial charge in [-0.15, -0.1) is 0 Å². The molecule has 3 rings (SSSR count).